The number of hydrogen-bond acceptors (Lipinski definition) is 5. The average molecular weight is 683 g/mol. The number of carbonyl (C=O) groups is 1. The Morgan fingerprint density at radius 3 is 2.55 bits per heavy atom. The summed E-state index contributed by atoms with van der Waals surface area (Å²) in [7, 11) is 0. The van der Waals surface area contributed by atoms with E-state index < -0.39 is 0 Å². The van der Waals surface area contributed by atoms with Crippen molar-refractivity contribution in [3.63, 3.8) is 0 Å². The predicted molar refractivity (Wildman–Crippen MR) is 181 cm³/mol. The van der Waals surface area contributed by atoms with Crippen molar-refractivity contribution in [2.45, 2.75) is 95.7 Å². The van der Waals surface area contributed by atoms with Crippen LogP contribution >= 0.6 is 27.5 Å². The van der Waals surface area contributed by atoms with Crippen molar-refractivity contribution in [1.82, 2.24) is 25.0 Å². The van der Waals surface area contributed by atoms with Crippen molar-refractivity contribution < 1.29 is 4.79 Å². The second-order valence-electron chi connectivity index (χ2n) is 15.3. The van der Waals surface area contributed by atoms with Crippen LogP contribution in [0.1, 0.15) is 87.6 Å². The number of piperazine rings is 1. The molecular formula is C36H49BrClN5O. The van der Waals surface area contributed by atoms with Crippen molar-refractivity contribution in [2.24, 2.45) is 11.3 Å². The fourth-order valence-electron chi connectivity index (χ4n) is 9.10. The number of halogens is 2. The van der Waals surface area contributed by atoms with Crippen LogP contribution < -0.4 is 5.32 Å². The van der Waals surface area contributed by atoms with E-state index in [9.17, 15) is 4.79 Å². The Balaban J connectivity index is 1.06. The van der Waals surface area contributed by atoms with Gasteiger partial charge in [-0.05, 0) is 120 Å². The number of carbonyl (C=O) groups excluding carboxylic acids is 1. The molecule has 0 spiro atoms. The summed E-state index contributed by atoms with van der Waals surface area (Å²) < 4.78 is 1.07. The van der Waals surface area contributed by atoms with Gasteiger partial charge in [0.15, 0.2) is 0 Å². The minimum atomic E-state index is -0.0162. The summed E-state index contributed by atoms with van der Waals surface area (Å²) in [5.41, 5.74) is 5.61. The average Bonchev–Trinajstić information content (AvgIpc) is 3.75. The highest BCUT2D eigenvalue weighted by Gasteiger charge is 2.62. The van der Waals surface area contributed by atoms with Gasteiger partial charge >= 0.3 is 0 Å². The Labute approximate surface area is 277 Å². The van der Waals surface area contributed by atoms with E-state index in [1.165, 1.54) is 35.2 Å². The first-order valence-corrected chi connectivity index (χ1v) is 18.2. The van der Waals surface area contributed by atoms with E-state index in [4.69, 9.17) is 16.6 Å². The van der Waals surface area contributed by atoms with Gasteiger partial charge in [-0.15, -0.1) is 0 Å². The van der Waals surface area contributed by atoms with E-state index in [0.29, 0.717) is 23.8 Å². The lowest BCUT2D eigenvalue weighted by molar-refractivity contribution is -0.142. The molecule has 1 saturated carbocycles. The maximum atomic E-state index is 13.6. The molecule has 6 nitrogen and oxygen atoms in total. The third kappa shape index (κ3) is 5.90. The number of amides is 1. The molecule has 7 rings (SSSR count). The number of pyridine rings is 1. The van der Waals surface area contributed by atoms with Crippen LogP contribution in [0.25, 0.3) is 0 Å². The van der Waals surface area contributed by atoms with E-state index in [1.54, 1.807) is 0 Å². The van der Waals surface area contributed by atoms with Crippen LogP contribution in [0.5, 0.6) is 0 Å². The number of hydrogen-bond donors (Lipinski definition) is 1. The van der Waals surface area contributed by atoms with Crippen molar-refractivity contribution in [1.29, 1.82) is 0 Å². The number of fused-ring (bicyclic) bond motifs is 5. The van der Waals surface area contributed by atoms with Gasteiger partial charge in [-0.25, -0.2) is 0 Å². The second-order valence-corrected chi connectivity index (χ2v) is 16.6. The highest BCUT2D eigenvalue weighted by Crippen LogP contribution is 2.64. The Hall–Kier alpha value is -1.51. The van der Waals surface area contributed by atoms with E-state index in [-0.39, 0.29) is 17.0 Å². The first kappa shape index (κ1) is 31.1. The van der Waals surface area contributed by atoms with Crippen LogP contribution in [-0.4, -0.2) is 83.5 Å². The molecule has 2 aromatic rings. The number of nitrogens with one attached hydrogen (secondary N) is 1. The van der Waals surface area contributed by atoms with Crippen LogP contribution in [-0.2, 0) is 23.2 Å². The van der Waals surface area contributed by atoms with Crippen LogP contribution in [0, 0.1) is 11.3 Å². The van der Waals surface area contributed by atoms with Crippen molar-refractivity contribution in [3.8, 4) is 0 Å². The summed E-state index contributed by atoms with van der Waals surface area (Å²) in [4.78, 5) is 26.5. The highest BCUT2D eigenvalue weighted by atomic mass is 79.9. The molecule has 4 heterocycles. The third-order valence-electron chi connectivity index (χ3n) is 11.6. The molecular weight excluding hydrogens is 634 g/mol. The Morgan fingerprint density at radius 2 is 1.80 bits per heavy atom. The maximum Gasteiger partial charge on any atom is 0.223 e. The Bertz CT molecular complexity index is 1380. The van der Waals surface area contributed by atoms with Gasteiger partial charge < -0.3 is 10.2 Å². The van der Waals surface area contributed by atoms with E-state index >= 15 is 0 Å². The van der Waals surface area contributed by atoms with Gasteiger partial charge in [-0.2, -0.15) is 0 Å². The maximum absolute atomic E-state index is 13.6. The van der Waals surface area contributed by atoms with Crippen LogP contribution in [0.15, 0.2) is 34.9 Å². The lowest BCUT2D eigenvalue weighted by Gasteiger charge is -2.51. The number of piperidine rings is 2. The summed E-state index contributed by atoms with van der Waals surface area (Å²) in [6.45, 7) is 14.1. The van der Waals surface area contributed by atoms with Crippen LogP contribution in [0.2, 0.25) is 5.02 Å². The molecule has 44 heavy (non-hydrogen) atoms. The molecule has 0 radical (unpaired) electrons. The molecule has 3 atom stereocenters. The van der Waals surface area contributed by atoms with Crippen molar-refractivity contribution in [3.05, 3.63) is 62.3 Å². The fraction of sp³-hybridized carbons (Fsp3) is 0.667. The number of rotatable bonds is 4. The number of nitrogens with zero attached hydrogens (tertiary/aromatic N) is 4. The topological polar surface area (TPSA) is 51.7 Å². The zero-order valence-electron chi connectivity index (χ0n) is 26.8. The minimum absolute atomic E-state index is 0.0162. The predicted octanol–water partition coefficient (Wildman–Crippen LogP) is 6.39. The summed E-state index contributed by atoms with van der Waals surface area (Å²) in [6, 6.07) is 9.71. The quantitative estimate of drug-likeness (QED) is 0.405. The molecule has 1 aromatic carbocycles. The molecule has 2 unspecified atom stereocenters. The molecule has 0 bridgehead atoms. The van der Waals surface area contributed by atoms with E-state index in [1.807, 2.05) is 6.20 Å². The largest absolute Gasteiger partial charge is 0.337 e. The molecule has 4 fully saturated rings. The zero-order chi connectivity index (χ0) is 30.6. The summed E-state index contributed by atoms with van der Waals surface area (Å²) in [5, 5.41) is 4.28. The summed E-state index contributed by atoms with van der Waals surface area (Å²) >= 11 is 10.2. The van der Waals surface area contributed by atoms with Crippen LogP contribution in [0.3, 0.4) is 0 Å². The third-order valence-corrected chi connectivity index (χ3v) is 12.3. The monoisotopic (exact) mass is 681 g/mol. The minimum Gasteiger partial charge on any atom is -0.337 e. The Kier molecular flexibility index (Phi) is 8.67. The van der Waals surface area contributed by atoms with Gasteiger partial charge in [0.25, 0.3) is 0 Å². The van der Waals surface area contributed by atoms with E-state index in [0.717, 1.165) is 93.8 Å². The number of aryl methyl sites for hydroxylation is 2. The Morgan fingerprint density at radius 1 is 1.05 bits per heavy atom. The molecule has 2 aliphatic carbocycles. The van der Waals surface area contributed by atoms with E-state index in [2.05, 4.69) is 81.0 Å². The summed E-state index contributed by atoms with van der Waals surface area (Å²) in [5.74, 6) is 1.39. The lowest BCUT2D eigenvalue weighted by Crippen LogP contribution is -2.62. The first-order chi connectivity index (χ1) is 21.1. The smallest absolute Gasteiger partial charge is 0.223 e. The molecule has 1 aromatic heterocycles. The highest BCUT2D eigenvalue weighted by molar-refractivity contribution is 9.10. The SMILES string of the molecule is CC(C)(C)[C@H]1CN(C2CCN(C34CC3c3ccc(Cl)cc3CCc3cc(Br)cnc34)CC2)CCN1C(=O)CC1CCNCC1. The first-order valence-electron chi connectivity index (χ1n) is 17.1. The fourth-order valence-corrected chi connectivity index (χ4v) is 9.67. The number of likely N-dealkylation sites (tertiary alicyclic amines) is 1. The molecule has 8 heteroatoms. The van der Waals surface area contributed by atoms with Crippen LogP contribution in [0.4, 0.5) is 0 Å². The lowest BCUT2D eigenvalue weighted by atomic mass is 9.82. The normalized spacial score (nSPS) is 28.9. The molecule has 5 aliphatic rings. The van der Waals surface area contributed by atoms with Crippen molar-refractivity contribution in [2.75, 3.05) is 45.8 Å². The second kappa shape index (κ2) is 12.3. The van der Waals surface area contributed by atoms with Gasteiger partial charge in [-0.3, -0.25) is 19.6 Å². The number of aromatic nitrogens is 1. The summed E-state index contributed by atoms with van der Waals surface area (Å²) in [6.07, 6.45) is 10.5. The van der Waals surface area contributed by atoms with Gasteiger partial charge in [0, 0.05) is 72.8 Å². The number of benzene rings is 1. The molecule has 1 amide bonds. The molecule has 238 valence electrons. The van der Waals surface area contributed by atoms with Gasteiger partial charge in [-0.1, -0.05) is 38.4 Å². The van der Waals surface area contributed by atoms with Gasteiger partial charge in [0.05, 0.1) is 11.2 Å². The standard InChI is InChI=1S/C36H49BrClN5O/c1-35(2,3)32-23-41(16-17-43(32)33(44)18-24-8-12-39-13-9-24)29-10-14-42(15-11-29)36-21-31(36)30-7-6-28(38)20-25(30)4-5-26-19-27(37)22-40-34(26)36/h6-7,19-20,22,24,29,31-32,39H,4-5,8-18,21,23H2,1-3H3/t31?,32-,36?/m1/s1. The molecule has 3 saturated heterocycles. The zero-order valence-corrected chi connectivity index (χ0v) is 29.1. The molecule has 3 aliphatic heterocycles. The van der Waals surface area contributed by atoms with Gasteiger partial charge in [0.1, 0.15) is 0 Å². The molecule has 1 N–H and O–H groups in total. The van der Waals surface area contributed by atoms with Crippen molar-refractivity contribution >= 4 is 33.4 Å². The van der Waals surface area contributed by atoms with Gasteiger partial charge in [0.2, 0.25) is 5.91 Å².